The molecule has 0 aliphatic carbocycles. The summed E-state index contributed by atoms with van der Waals surface area (Å²) in [6, 6.07) is 5.95. The molecular formula is C25H36FN5O3. The maximum atomic E-state index is 13.3. The van der Waals surface area contributed by atoms with Gasteiger partial charge in [-0.25, -0.2) is 9.37 Å². The van der Waals surface area contributed by atoms with E-state index in [1.165, 1.54) is 12.1 Å². The zero-order valence-electron chi connectivity index (χ0n) is 20.5. The maximum Gasteiger partial charge on any atom is 0.225 e. The molecule has 3 heterocycles. The van der Waals surface area contributed by atoms with Gasteiger partial charge in [-0.1, -0.05) is 6.92 Å². The number of morpholine rings is 1. The van der Waals surface area contributed by atoms with Gasteiger partial charge in [0.1, 0.15) is 29.6 Å². The molecule has 1 atom stereocenters. The fourth-order valence-electron chi connectivity index (χ4n) is 4.59. The lowest BCUT2D eigenvalue weighted by Gasteiger charge is -2.43. The minimum Gasteiger partial charge on any atom is -0.491 e. The second-order valence-electron chi connectivity index (χ2n) is 9.45. The standard InChI is InChI=1S/C25H36FN5O3/c1-4-23-27-19(2)22(28-23)16-30-13-14-34-25(17-30,18-33-21-7-5-20(26)6-8-21)15-24(32)31-11-9-29(3)10-12-31/h5-8H,4,9-18H2,1-3H3,(H,27,28). The van der Waals surface area contributed by atoms with Crippen LogP contribution in [0.2, 0.25) is 0 Å². The first-order chi connectivity index (χ1) is 16.4. The van der Waals surface area contributed by atoms with Gasteiger partial charge in [-0.05, 0) is 38.2 Å². The molecule has 9 heteroatoms. The van der Waals surface area contributed by atoms with E-state index in [-0.39, 0.29) is 24.8 Å². The molecule has 34 heavy (non-hydrogen) atoms. The highest BCUT2D eigenvalue weighted by atomic mass is 19.1. The van der Waals surface area contributed by atoms with Crippen LogP contribution in [0.3, 0.4) is 0 Å². The summed E-state index contributed by atoms with van der Waals surface area (Å²) in [5, 5.41) is 0. The molecule has 2 aromatic rings. The summed E-state index contributed by atoms with van der Waals surface area (Å²) in [4.78, 5) is 27.8. The Labute approximate surface area is 201 Å². The number of rotatable bonds is 8. The highest BCUT2D eigenvalue weighted by Crippen LogP contribution is 2.27. The van der Waals surface area contributed by atoms with Crippen LogP contribution in [0.5, 0.6) is 5.75 Å². The fourth-order valence-corrected chi connectivity index (χ4v) is 4.59. The molecule has 2 aliphatic rings. The number of nitrogens with one attached hydrogen (secondary N) is 1. The Hall–Kier alpha value is -2.49. The predicted octanol–water partition coefficient (Wildman–Crippen LogP) is 2.23. The van der Waals surface area contributed by atoms with Crippen molar-refractivity contribution in [3.05, 3.63) is 47.3 Å². The van der Waals surface area contributed by atoms with Crippen LogP contribution in [0, 0.1) is 12.7 Å². The monoisotopic (exact) mass is 473 g/mol. The summed E-state index contributed by atoms with van der Waals surface area (Å²) in [7, 11) is 2.07. The number of aromatic amines is 1. The molecule has 2 fully saturated rings. The highest BCUT2D eigenvalue weighted by Gasteiger charge is 2.41. The van der Waals surface area contributed by atoms with Crippen molar-refractivity contribution in [2.24, 2.45) is 0 Å². The number of carbonyl (C=O) groups excluding carboxylic acids is 1. The van der Waals surface area contributed by atoms with Gasteiger partial charge in [-0.15, -0.1) is 0 Å². The number of aryl methyl sites for hydroxylation is 2. The molecule has 4 rings (SSSR count). The number of piperazine rings is 1. The van der Waals surface area contributed by atoms with Gasteiger partial charge in [0.05, 0.1) is 18.7 Å². The molecule has 1 amide bonds. The van der Waals surface area contributed by atoms with Crippen LogP contribution in [0.15, 0.2) is 24.3 Å². The molecule has 0 spiro atoms. The summed E-state index contributed by atoms with van der Waals surface area (Å²) < 4.78 is 25.7. The van der Waals surface area contributed by atoms with Gasteiger partial charge in [-0.3, -0.25) is 9.69 Å². The Kier molecular flexibility index (Phi) is 7.85. The van der Waals surface area contributed by atoms with Crippen molar-refractivity contribution in [2.75, 3.05) is 59.5 Å². The third-order valence-corrected chi connectivity index (χ3v) is 6.72. The summed E-state index contributed by atoms with van der Waals surface area (Å²) >= 11 is 0. The quantitative estimate of drug-likeness (QED) is 0.634. The molecule has 1 N–H and O–H groups in total. The number of aromatic nitrogens is 2. The minimum absolute atomic E-state index is 0.0851. The molecule has 0 radical (unpaired) electrons. The van der Waals surface area contributed by atoms with Crippen molar-refractivity contribution in [1.82, 2.24) is 24.7 Å². The first kappa shape index (κ1) is 24.6. The number of likely N-dealkylation sites (N-methyl/N-ethyl adjacent to an activating group) is 1. The minimum atomic E-state index is -0.787. The molecular weight excluding hydrogens is 437 g/mol. The lowest BCUT2D eigenvalue weighted by Crippen LogP contribution is -2.58. The van der Waals surface area contributed by atoms with Crippen molar-refractivity contribution in [1.29, 1.82) is 0 Å². The van der Waals surface area contributed by atoms with Crippen LogP contribution in [0.1, 0.15) is 30.6 Å². The third-order valence-electron chi connectivity index (χ3n) is 6.72. The lowest BCUT2D eigenvalue weighted by molar-refractivity contribution is -0.158. The van der Waals surface area contributed by atoms with Gasteiger partial charge < -0.3 is 24.3 Å². The second kappa shape index (κ2) is 10.8. The average molecular weight is 474 g/mol. The van der Waals surface area contributed by atoms with Crippen LogP contribution in [0.25, 0.3) is 0 Å². The second-order valence-corrected chi connectivity index (χ2v) is 9.45. The van der Waals surface area contributed by atoms with Gasteiger partial charge in [0.2, 0.25) is 5.91 Å². The van der Waals surface area contributed by atoms with Gasteiger partial charge in [0.15, 0.2) is 0 Å². The Morgan fingerprint density at radius 1 is 1.21 bits per heavy atom. The molecule has 186 valence electrons. The molecule has 1 aromatic heterocycles. The van der Waals surface area contributed by atoms with Crippen molar-refractivity contribution < 1.29 is 18.7 Å². The van der Waals surface area contributed by atoms with Gasteiger partial charge in [-0.2, -0.15) is 0 Å². The number of amides is 1. The number of nitrogens with zero attached hydrogens (tertiary/aromatic N) is 4. The van der Waals surface area contributed by atoms with Crippen molar-refractivity contribution in [3.8, 4) is 5.75 Å². The normalized spacial score (nSPS) is 22.2. The topological polar surface area (TPSA) is 73.9 Å². The number of hydrogen-bond acceptors (Lipinski definition) is 6. The summed E-state index contributed by atoms with van der Waals surface area (Å²) in [5.41, 5.74) is 1.31. The number of hydrogen-bond donors (Lipinski definition) is 1. The zero-order chi connectivity index (χ0) is 24.1. The number of H-pyrrole nitrogens is 1. The lowest BCUT2D eigenvalue weighted by atomic mass is 9.96. The van der Waals surface area contributed by atoms with Crippen molar-refractivity contribution >= 4 is 5.91 Å². The smallest absolute Gasteiger partial charge is 0.225 e. The predicted molar refractivity (Wildman–Crippen MR) is 127 cm³/mol. The number of ether oxygens (including phenoxy) is 2. The van der Waals surface area contributed by atoms with Crippen molar-refractivity contribution in [3.63, 3.8) is 0 Å². The summed E-state index contributed by atoms with van der Waals surface area (Å²) in [5.74, 6) is 1.32. The van der Waals surface area contributed by atoms with Crippen LogP contribution in [-0.2, 0) is 22.5 Å². The van der Waals surface area contributed by atoms with E-state index in [0.717, 1.165) is 56.4 Å². The van der Waals surface area contributed by atoms with Crippen LogP contribution < -0.4 is 4.74 Å². The largest absolute Gasteiger partial charge is 0.491 e. The first-order valence-electron chi connectivity index (χ1n) is 12.1. The number of benzene rings is 1. The number of halogens is 1. The molecule has 2 aliphatic heterocycles. The SMILES string of the molecule is CCc1nc(CN2CCOC(COc3ccc(F)cc3)(CC(=O)N3CCN(C)CC3)C2)c(C)[nH]1. The van der Waals surface area contributed by atoms with E-state index in [2.05, 4.69) is 28.8 Å². The van der Waals surface area contributed by atoms with E-state index < -0.39 is 5.60 Å². The molecule has 1 unspecified atom stereocenters. The molecule has 1 aromatic carbocycles. The van der Waals surface area contributed by atoms with E-state index in [9.17, 15) is 9.18 Å². The first-order valence-corrected chi connectivity index (χ1v) is 12.1. The van der Waals surface area contributed by atoms with E-state index in [0.29, 0.717) is 25.4 Å². The van der Waals surface area contributed by atoms with E-state index in [4.69, 9.17) is 14.5 Å². The highest BCUT2D eigenvalue weighted by molar-refractivity contribution is 5.77. The van der Waals surface area contributed by atoms with Crippen LogP contribution >= 0.6 is 0 Å². The van der Waals surface area contributed by atoms with E-state index in [1.807, 2.05) is 11.8 Å². The molecule has 0 bridgehead atoms. The maximum absolute atomic E-state index is 13.3. The van der Waals surface area contributed by atoms with Crippen LogP contribution in [0.4, 0.5) is 4.39 Å². The Bertz CT molecular complexity index is 958. The van der Waals surface area contributed by atoms with Crippen LogP contribution in [-0.4, -0.2) is 95.7 Å². The summed E-state index contributed by atoms with van der Waals surface area (Å²) in [6.45, 7) is 10.0. The zero-order valence-corrected chi connectivity index (χ0v) is 20.5. The van der Waals surface area contributed by atoms with Crippen molar-refractivity contribution in [2.45, 2.75) is 38.8 Å². The Morgan fingerprint density at radius 2 is 1.94 bits per heavy atom. The fraction of sp³-hybridized carbons (Fsp3) is 0.600. The van der Waals surface area contributed by atoms with E-state index in [1.54, 1.807) is 12.1 Å². The van der Waals surface area contributed by atoms with Gasteiger partial charge in [0.25, 0.3) is 0 Å². The van der Waals surface area contributed by atoms with E-state index >= 15 is 0 Å². The summed E-state index contributed by atoms with van der Waals surface area (Å²) in [6.07, 6.45) is 1.10. The molecule has 0 saturated carbocycles. The third kappa shape index (κ3) is 6.14. The number of carbonyl (C=O) groups is 1. The molecule has 2 saturated heterocycles. The van der Waals surface area contributed by atoms with Gasteiger partial charge >= 0.3 is 0 Å². The Morgan fingerprint density at radius 3 is 2.62 bits per heavy atom. The molecule has 8 nitrogen and oxygen atoms in total. The number of imidazole rings is 1. The Balaban J connectivity index is 1.48. The van der Waals surface area contributed by atoms with Gasteiger partial charge in [0, 0.05) is 57.9 Å². The average Bonchev–Trinajstić information content (AvgIpc) is 3.18.